The van der Waals surface area contributed by atoms with Crippen molar-refractivity contribution < 1.29 is 9.90 Å². The van der Waals surface area contributed by atoms with Gasteiger partial charge in [0.1, 0.15) is 5.82 Å². The lowest BCUT2D eigenvalue weighted by molar-refractivity contribution is 0.0690. The second-order valence-corrected chi connectivity index (χ2v) is 3.41. The zero-order valence-corrected chi connectivity index (χ0v) is 8.68. The minimum atomic E-state index is -1.24. The zero-order valence-electron chi connectivity index (χ0n) is 8.68. The molecule has 0 bridgehead atoms. The van der Waals surface area contributed by atoms with Gasteiger partial charge in [0.2, 0.25) is 0 Å². The van der Waals surface area contributed by atoms with Crippen molar-refractivity contribution in [3.05, 3.63) is 46.4 Å². The third-order valence-electron chi connectivity index (χ3n) is 2.14. The lowest BCUT2D eigenvalue weighted by atomic mass is 10.2. The molecule has 1 aromatic carbocycles. The summed E-state index contributed by atoms with van der Waals surface area (Å²) >= 11 is 0. The number of aromatic nitrogens is 2. The van der Waals surface area contributed by atoms with E-state index in [-0.39, 0.29) is 11.5 Å². The van der Waals surface area contributed by atoms with Gasteiger partial charge in [-0.1, -0.05) is 0 Å². The lowest BCUT2D eigenvalue weighted by Crippen LogP contribution is -2.13. The largest absolute Gasteiger partial charge is 0.477 e. The molecule has 86 valence electrons. The topological polar surface area (TPSA) is 109 Å². The summed E-state index contributed by atoms with van der Waals surface area (Å²) in [5, 5.41) is 8.79. The number of nitrogens with zero attached hydrogens (tertiary/aromatic N) is 1. The smallest absolute Gasteiger partial charge is 0.354 e. The molecular formula is C11H9N3O3. The van der Waals surface area contributed by atoms with Gasteiger partial charge in [0.25, 0.3) is 5.56 Å². The van der Waals surface area contributed by atoms with Crippen molar-refractivity contribution in [1.82, 2.24) is 9.97 Å². The van der Waals surface area contributed by atoms with Crippen LogP contribution < -0.4 is 11.3 Å². The van der Waals surface area contributed by atoms with E-state index in [1.165, 1.54) is 0 Å². The summed E-state index contributed by atoms with van der Waals surface area (Å²) in [6, 6.07) is 7.52. The van der Waals surface area contributed by atoms with Gasteiger partial charge in [-0.15, -0.1) is 0 Å². The average molecular weight is 231 g/mol. The SMILES string of the molecule is Nc1ccc(-c2nc(C(=O)O)cc(=O)[nH]2)cc1. The van der Waals surface area contributed by atoms with Crippen molar-refractivity contribution >= 4 is 11.7 Å². The van der Waals surface area contributed by atoms with Gasteiger partial charge in [0, 0.05) is 17.3 Å². The maximum Gasteiger partial charge on any atom is 0.354 e. The van der Waals surface area contributed by atoms with Crippen LogP contribution in [0.25, 0.3) is 11.4 Å². The Labute approximate surface area is 95.7 Å². The lowest BCUT2D eigenvalue weighted by Gasteiger charge is -2.02. The van der Waals surface area contributed by atoms with E-state index in [2.05, 4.69) is 9.97 Å². The molecule has 0 saturated heterocycles. The molecule has 0 amide bonds. The summed E-state index contributed by atoms with van der Waals surface area (Å²) in [7, 11) is 0. The minimum Gasteiger partial charge on any atom is -0.477 e. The quantitative estimate of drug-likeness (QED) is 0.659. The second kappa shape index (κ2) is 4.09. The average Bonchev–Trinajstić information content (AvgIpc) is 2.29. The Hall–Kier alpha value is -2.63. The minimum absolute atomic E-state index is 0.204. The first-order chi connectivity index (χ1) is 8.06. The van der Waals surface area contributed by atoms with E-state index in [1.54, 1.807) is 24.3 Å². The molecule has 0 aliphatic rings. The van der Waals surface area contributed by atoms with Crippen LogP contribution in [0.5, 0.6) is 0 Å². The highest BCUT2D eigenvalue weighted by Gasteiger charge is 2.09. The number of anilines is 1. The Morgan fingerprint density at radius 2 is 1.94 bits per heavy atom. The third-order valence-corrected chi connectivity index (χ3v) is 2.14. The fourth-order valence-corrected chi connectivity index (χ4v) is 1.34. The number of H-pyrrole nitrogens is 1. The maximum absolute atomic E-state index is 11.3. The van der Waals surface area contributed by atoms with E-state index in [0.29, 0.717) is 11.3 Å². The Morgan fingerprint density at radius 3 is 2.53 bits per heavy atom. The number of rotatable bonds is 2. The molecule has 0 spiro atoms. The first-order valence-corrected chi connectivity index (χ1v) is 4.77. The molecule has 0 radical (unpaired) electrons. The Balaban J connectivity index is 2.55. The molecule has 0 fully saturated rings. The normalized spacial score (nSPS) is 10.1. The van der Waals surface area contributed by atoms with Crippen LogP contribution >= 0.6 is 0 Å². The number of aromatic carboxylic acids is 1. The Bertz CT molecular complexity index is 617. The molecule has 2 rings (SSSR count). The molecule has 6 heteroatoms. The zero-order chi connectivity index (χ0) is 12.4. The number of carbonyl (C=O) groups is 1. The molecular weight excluding hydrogens is 222 g/mol. The van der Waals surface area contributed by atoms with Crippen molar-refractivity contribution in [2.24, 2.45) is 0 Å². The predicted octanol–water partition coefficient (Wildman–Crippen LogP) is 0.717. The van der Waals surface area contributed by atoms with Gasteiger partial charge in [0.15, 0.2) is 5.69 Å². The number of hydrogen-bond donors (Lipinski definition) is 3. The molecule has 0 aliphatic heterocycles. The van der Waals surface area contributed by atoms with Gasteiger partial charge in [-0.3, -0.25) is 4.79 Å². The third kappa shape index (κ3) is 2.31. The summed E-state index contributed by atoms with van der Waals surface area (Å²) in [4.78, 5) is 28.3. The standard InChI is InChI=1S/C11H9N3O3/c12-7-3-1-6(2-4-7)10-13-8(11(16)17)5-9(15)14-10/h1-5H,12H2,(H,16,17)(H,13,14,15). The molecule has 0 atom stereocenters. The molecule has 1 heterocycles. The van der Waals surface area contributed by atoms with E-state index < -0.39 is 11.5 Å². The van der Waals surface area contributed by atoms with E-state index in [4.69, 9.17) is 10.8 Å². The Morgan fingerprint density at radius 1 is 1.29 bits per heavy atom. The van der Waals surface area contributed by atoms with Gasteiger partial charge in [-0.2, -0.15) is 0 Å². The highest BCUT2D eigenvalue weighted by Crippen LogP contribution is 2.15. The van der Waals surface area contributed by atoms with Crippen LogP contribution in [0.4, 0.5) is 5.69 Å². The summed E-state index contributed by atoms with van der Waals surface area (Å²) < 4.78 is 0. The van der Waals surface area contributed by atoms with Crippen LogP contribution in [0, 0.1) is 0 Å². The number of hydrogen-bond acceptors (Lipinski definition) is 4. The maximum atomic E-state index is 11.3. The molecule has 17 heavy (non-hydrogen) atoms. The van der Waals surface area contributed by atoms with E-state index in [1.807, 2.05) is 0 Å². The highest BCUT2D eigenvalue weighted by molar-refractivity contribution is 5.85. The number of benzene rings is 1. The van der Waals surface area contributed by atoms with Gasteiger partial charge >= 0.3 is 5.97 Å². The molecule has 0 unspecified atom stereocenters. The number of nitrogen functional groups attached to an aromatic ring is 1. The van der Waals surface area contributed by atoms with Crippen LogP contribution in [-0.2, 0) is 0 Å². The summed E-state index contributed by atoms with van der Waals surface area (Å²) in [6.45, 7) is 0. The molecule has 0 aliphatic carbocycles. The summed E-state index contributed by atoms with van der Waals surface area (Å²) in [5.41, 5.74) is 5.90. The van der Waals surface area contributed by atoms with Crippen molar-refractivity contribution in [3.63, 3.8) is 0 Å². The summed E-state index contributed by atoms with van der Waals surface area (Å²) in [6.07, 6.45) is 0. The van der Waals surface area contributed by atoms with Crippen LogP contribution in [0.3, 0.4) is 0 Å². The number of carboxylic acids is 1. The van der Waals surface area contributed by atoms with Gasteiger partial charge in [-0.05, 0) is 24.3 Å². The van der Waals surface area contributed by atoms with Gasteiger partial charge in [-0.25, -0.2) is 9.78 Å². The predicted molar refractivity (Wildman–Crippen MR) is 61.7 cm³/mol. The van der Waals surface area contributed by atoms with E-state index >= 15 is 0 Å². The van der Waals surface area contributed by atoms with Gasteiger partial charge < -0.3 is 15.8 Å². The Kier molecular flexibility index (Phi) is 2.61. The van der Waals surface area contributed by atoms with Crippen LogP contribution in [-0.4, -0.2) is 21.0 Å². The second-order valence-electron chi connectivity index (χ2n) is 3.41. The number of carboxylic acid groups (broad SMARTS) is 1. The van der Waals surface area contributed by atoms with Crippen molar-refractivity contribution in [3.8, 4) is 11.4 Å². The number of nitrogens with two attached hydrogens (primary N) is 1. The highest BCUT2D eigenvalue weighted by atomic mass is 16.4. The number of nitrogens with one attached hydrogen (secondary N) is 1. The molecule has 1 aromatic heterocycles. The molecule has 6 nitrogen and oxygen atoms in total. The van der Waals surface area contributed by atoms with Crippen molar-refractivity contribution in [2.45, 2.75) is 0 Å². The van der Waals surface area contributed by atoms with Crippen LogP contribution in [0.2, 0.25) is 0 Å². The van der Waals surface area contributed by atoms with Crippen LogP contribution in [0.15, 0.2) is 35.1 Å². The molecule has 2 aromatic rings. The van der Waals surface area contributed by atoms with Crippen LogP contribution in [0.1, 0.15) is 10.5 Å². The first-order valence-electron chi connectivity index (χ1n) is 4.77. The number of aromatic amines is 1. The van der Waals surface area contributed by atoms with E-state index in [0.717, 1.165) is 6.07 Å². The van der Waals surface area contributed by atoms with Crippen molar-refractivity contribution in [2.75, 3.05) is 5.73 Å². The van der Waals surface area contributed by atoms with E-state index in [9.17, 15) is 9.59 Å². The van der Waals surface area contributed by atoms with Crippen molar-refractivity contribution in [1.29, 1.82) is 0 Å². The molecule has 4 N–H and O–H groups in total. The molecule has 0 saturated carbocycles. The fraction of sp³-hybridized carbons (Fsp3) is 0. The summed E-state index contributed by atoms with van der Waals surface area (Å²) in [5.74, 6) is -1.04. The first kappa shape index (κ1) is 10.9. The monoisotopic (exact) mass is 231 g/mol. The fourth-order valence-electron chi connectivity index (χ4n) is 1.34. The van der Waals surface area contributed by atoms with Gasteiger partial charge in [0.05, 0.1) is 0 Å².